The second kappa shape index (κ2) is 31.1. The van der Waals surface area contributed by atoms with Crippen LogP contribution in [0.2, 0.25) is 0 Å². The zero-order valence-electron chi connectivity index (χ0n) is 31.2. The van der Waals surface area contributed by atoms with Crippen molar-refractivity contribution in [3.05, 3.63) is 0 Å². The Labute approximate surface area is 285 Å². The molecule has 6 heteroatoms. The number of hydrogen-bond acceptors (Lipinski definition) is 4. The number of unbranched alkanes of at least 4 members (excludes halogenated alkanes) is 11. The van der Waals surface area contributed by atoms with E-state index >= 15 is 0 Å². The number of nitrogens with zero attached hydrogens (tertiary/aromatic N) is 1. The highest BCUT2D eigenvalue weighted by Crippen LogP contribution is 2.39. The molecule has 0 heterocycles. The summed E-state index contributed by atoms with van der Waals surface area (Å²) in [5.41, 5.74) is 0.0756. The van der Waals surface area contributed by atoms with E-state index in [0.29, 0.717) is 0 Å². The lowest BCUT2D eigenvalue weighted by Gasteiger charge is -2.46. The summed E-state index contributed by atoms with van der Waals surface area (Å²) in [5.74, 6) is 0.156. The molecule has 0 atom stereocenters. The van der Waals surface area contributed by atoms with Gasteiger partial charge < -0.3 is 15.3 Å². The predicted octanol–water partition coefficient (Wildman–Crippen LogP) is 11.4. The normalized spacial score (nSPS) is 12.2. The summed E-state index contributed by atoms with van der Waals surface area (Å²) in [4.78, 5) is 24.7. The molecule has 0 amide bonds. The van der Waals surface area contributed by atoms with Crippen LogP contribution in [0.25, 0.3) is 0 Å². The van der Waals surface area contributed by atoms with Crippen LogP contribution in [0.5, 0.6) is 0 Å². The van der Waals surface area contributed by atoms with Gasteiger partial charge >= 0.3 is 11.9 Å². The Hall–Kier alpha value is -1.14. The Morgan fingerprint density at radius 3 is 1.28 bits per heavy atom. The average molecular weight is 654 g/mol. The van der Waals surface area contributed by atoms with Gasteiger partial charge in [-0.3, -0.25) is 14.5 Å². The van der Waals surface area contributed by atoms with Crippen LogP contribution >= 0.6 is 0 Å². The smallest absolute Gasteiger partial charge is 0.303 e. The number of carbonyl (C=O) groups is 2. The third-order valence-corrected chi connectivity index (χ3v) is 10.5. The van der Waals surface area contributed by atoms with Gasteiger partial charge in [-0.1, -0.05) is 143 Å². The summed E-state index contributed by atoms with van der Waals surface area (Å²) in [6.45, 7) is 11.1. The van der Waals surface area contributed by atoms with E-state index in [1.165, 1.54) is 103 Å². The molecule has 6 nitrogen and oxygen atoms in total. The maximum Gasteiger partial charge on any atom is 0.303 e. The Balaban J connectivity index is 6.12. The first-order valence-electron chi connectivity index (χ1n) is 20.1. The molecule has 274 valence electrons. The summed E-state index contributed by atoms with van der Waals surface area (Å²) in [6, 6.07) is 0. The standard InChI is InChI=1S/C40H79NO5/c1-5-9-22-36(23-10-6-2)28-31-40(30-20-16-15-19-27-39(45)46,32-29-37(24-11-7-3)25-12-8-4)41(34-35-42)33-21-17-13-14-18-26-38(43)44/h36-37,42H,5-35H2,1-4H3,(H,43,44)(H,45,46). The molecular formula is C40H79NO5. The number of aliphatic hydroxyl groups is 1. The van der Waals surface area contributed by atoms with Gasteiger partial charge in [-0.05, 0) is 69.7 Å². The molecule has 3 N–H and O–H groups in total. The minimum Gasteiger partial charge on any atom is -0.481 e. The monoisotopic (exact) mass is 654 g/mol. The minimum absolute atomic E-state index is 0.0756. The lowest BCUT2D eigenvalue weighted by atomic mass is 9.75. The largest absolute Gasteiger partial charge is 0.481 e. The Bertz CT molecular complexity index is 659. The molecule has 0 aliphatic carbocycles. The number of aliphatic carboxylic acids is 2. The third-order valence-electron chi connectivity index (χ3n) is 10.5. The van der Waals surface area contributed by atoms with Gasteiger partial charge in [0, 0.05) is 24.9 Å². The fourth-order valence-corrected chi connectivity index (χ4v) is 7.53. The van der Waals surface area contributed by atoms with Gasteiger partial charge in [0.15, 0.2) is 0 Å². The Morgan fingerprint density at radius 2 is 0.891 bits per heavy atom. The molecule has 0 fully saturated rings. The van der Waals surface area contributed by atoms with Crippen molar-refractivity contribution in [2.45, 2.75) is 213 Å². The van der Waals surface area contributed by atoms with Gasteiger partial charge in [-0.2, -0.15) is 0 Å². The lowest BCUT2D eigenvalue weighted by molar-refractivity contribution is -0.138. The zero-order valence-corrected chi connectivity index (χ0v) is 31.2. The highest BCUT2D eigenvalue weighted by molar-refractivity contribution is 5.66. The molecule has 0 radical (unpaired) electrons. The summed E-state index contributed by atoms with van der Waals surface area (Å²) in [7, 11) is 0. The summed E-state index contributed by atoms with van der Waals surface area (Å²) in [5, 5.41) is 28.5. The molecule has 0 unspecified atom stereocenters. The van der Waals surface area contributed by atoms with E-state index in [2.05, 4.69) is 32.6 Å². The predicted molar refractivity (Wildman–Crippen MR) is 196 cm³/mol. The number of rotatable bonds is 36. The van der Waals surface area contributed by atoms with Crippen LogP contribution in [0.4, 0.5) is 0 Å². The van der Waals surface area contributed by atoms with Crippen molar-refractivity contribution in [3.8, 4) is 0 Å². The van der Waals surface area contributed by atoms with Crippen LogP contribution in [0.1, 0.15) is 207 Å². The van der Waals surface area contributed by atoms with E-state index in [1.807, 2.05) is 0 Å². The van der Waals surface area contributed by atoms with Gasteiger partial charge in [0.25, 0.3) is 0 Å². The topological polar surface area (TPSA) is 98.1 Å². The van der Waals surface area contributed by atoms with Crippen LogP contribution in [-0.4, -0.2) is 57.4 Å². The van der Waals surface area contributed by atoms with Gasteiger partial charge in [0.05, 0.1) is 6.61 Å². The van der Waals surface area contributed by atoms with E-state index < -0.39 is 11.9 Å². The van der Waals surface area contributed by atoms with Crippen molar-refractivity contribution in [2.75, 3.05) is 19.7 Å². The SMILES string of the molecule is CCCCC(CCCC)CCC(CCCCCCC(=O)O)(CCC(CCCC)CCCC)N(CCO)CCCCCCCC(=O)O. The highest BCUT2D eigenvalue weighted by Gasteiger charge is 2.36. The van der Waals surface area contributed by atoms with E-state index in [1.54, 1.807) is 0 Å². The molecule has 0 saturated carbocycles. The quantitative estimate of drug-likeness (QED) is 0.0582. The minimum atomic E-state index is -0.700. The van der Waals surface area contributed by atoms with Crippen molar-refractivity contribution < 1.29 is 24.9 Å². The van der Waals surface area contributed by atoms with Crippen molar-refractivity contribution in [1.82, 2.24) is 4.90 Å². The molecule has 0 aliphatic rings. The second-order valence-electron chi connectivity index (χ2n) is 14.5. The first kappa shape index (κ1) is 44.9. The molecule has 0 saturated heterocycles. The zero-order chi connectivity index (χ0) is 34.3. The molecule has 0 rings (SSSR count). The van der Waals surface area contributed by atoms with Crippen LogP contribution in [0.15, 0.2) is 0 Å². The average Bonchev–Trinajstić information content (AvgIpc) is 3.03. The number of hydrogen-bond donors (Lipinski definition) is 3. The first-order valence-corrected chi connectivity index (χ1v) is 20.1. The Kier molecular flexibility index (Phi) is 30.4. The summed E-state index contributed by atoms with van der Waals surface area (Å²) in [6.07, 6.45) is 31.1. The summed E-state index contributed by atoms with van der Waals surface area (Å²) >= 11 is 0. The molecule has 0 spiro atoms. The van der Waals surface area contributed by atoms with Crippen LogP contribution in [0.3, 0.4) is 0 Å². The molecule has 0 aromatic heterocycles. The fraction of sp³-hybridized carbons (Fsp3) is 0.950. The molecule has 0 bridgehead atoms. The maximum absolute atomic E-state index is 11.1. The first-order chi connectivity index (χ1) is 22.3. The molecule has 0 aromatic rings. The number of β-amino-alcohol motifs (C(OH)–C–C–N with tert-alkyl or cyclic N) is 1. The number of carboxylic acids is 2. The second-order valence-corrected chi connectivity index (χ2v) is 14.5. The van der Waals surface area contributed by atoms with Crippen molar-refractivity contribution in [3.63, 3.8) is 0 Å². The highest BCUT2D eigenvalue weighted by atomic mass is 16.4. The lowest BCUT2D eigenvalue weighted by Crippen LogP contribution is -2.51. The summed E-state index contributed by atoms with van der Waals surface area (Å²) < 4.78 is 0. The number of aliphatic hydroxyl groups excluding tert-OH is 1. The van der Waals surface area contributed by atoms with Gasteiger partial charge in [-0.25, -0.2) is 0 Å². The van der Waals surface area contributed by atoms with Gasteiger partial charge in [0.2, 0.25) is 0 Å². The third kappa shape index (κ3) is 24.1. The van der Waals surface area contributed by atoms with Gasteiger partial charge in [0.1, 0.15) is 0 Å². The molecular weight excluding hydrogens is 574 g/mol. The maximum atomic E-state index is 11.1. The molecule has 0 aromatic carbocycles. The van der Waals surface area contributed by atoms with E-state index in [4.69, 9.17) is 10.2 Å². The fourth-order valence-electron chi connectivity index (χ4n) is 7.53. The number of carboxylic acid groups (broad SMARTS) is 2. The van der Waals surface area contributed by atoms with E-state index in [-0.39, 0.29) is 25.0 Å². The molecule has 0 aliphatic heterocycles. The van der Waals surface area contributed by atoms with Crippen LogP contribution in [-0.2, 0) is 9.59 Å². The van der Waals surface area contributed by atoms with Crippen LogP contribution in [0, 0.1) is 11.8 Å². The van der Waals surface area contributed by atoms with Crippen LogP contribution < -0.4 is 0 Å². The van der Waals surface area contributed by atoms with Crippen molar-refractivity contribution >= 4 is 11.9 Å². The molecule has 46 heavy (non-hydrogen) atoms. The van der Waals surface area contributed by atoms with E-state index in [0.717, 1.165) is 89.1 Å². The van der Waals surface area contributed by atoms with Crippen molar-refractivity contribution in [1.29, 1.82) is 0 Å². The van der Waals surface area contributed by atoms with E-state index in [9.17, 15) is 14.7 Å². The Morgan fingerprint density at radius 1 is 0.500 bits per heavy atom. The van der Waals surface area contributed by atoms with Gasteiger partial charge in [-0.15, -0.1) is 0 Å². The van der Waals surface area contributed by atoms with Crippen molar-refractivity contribution in [2.24, 2.45) is 11.8 Å².